The van der Waals surface area contributed by atoms with Crippen molar-refractivity contribution in [2.75, 3.05) is 13.6 Å². The summed E-state index contributed by atoms with van der Waals surface area (Å²) < 4.78 is 0. The van der Waals surface area contributed by atoms with Gasteiger partial charge >= 0.3 is 0 Å². The van der Waals surface area contributed by atoms with Gasteiger partial charge in [-0.2, -0.15) is 5.10 Å². The third-order valence-electron chi connectivity index (χ3n) is 4.11. The number of hydrogen-bond acceptors (Lipinski definition) is 3. The number of H-pyrrole nitrogens is 1. The molecular weight excluding hydrogens is 304 g/mol. The highest BCUT2D eigenvalue weighted by molar-refractivity contribution is 6.00. The van der Waals surface area contributed by atoms with Crippen molar-refractivity contribution in [2.45, 2.75) is 19.4 Å². The molecule has 1 aromatic heterocycles. The second-order valence-corrected chi connectivity index (χ2v) is 5.89. The van der Waals surface area contributed by atoms with E-state index in [-0.39, 0.29) is 18.4 Å². The molecule has 2 aromatic rings. The van der Waals surface area contributed by atoms with Crippen LogP contribution in [0.25, 0.3) is 6.08 Å². The van der Waals surface area contributed by atoms with E-state index in [2.05, 4.69) is 15.5 Å². The molecule has 0 aliphatic heterocycles. The summed E-state index contributed by atoms with van der Waals surface area (Å²) in [6.45, 7) is 0.522. The molecule has 1 heterocycles. The fourth-order valence-corrected chi connectivity index (χ4v) is 2.70. The summed E-state index contributed by atoms with van der Waals surface area (Å²) in [5.41, 5.74) is 3.73. The van der Waals surface area contributed by atoms with Crippen molar-refractivity contribution < 1.29 is 9.59 Å². The molecule has 0 saturated carbocycles. The molecule has 0 fully saturated rings. The Kier molecular flexibility index (Phi) is 4.74. The number of carbonyl (C=O) groups is 2. The van der Waals surface area contributed by atoms with Crippen LogP contribution in [0.4, 0.5) is 0 Å². The van der Waals surface area contributed by atoms with Crippen LogP contribution in [0, 0.1) is 0 Å². The second-order valence-electron chi connectivity index (χ2n) is 5.89. The summed E-state index contributed by atoms with van der Waals surface area (Å²) in [7, 11) is 1.74. The minimum atomic E-state index is -0.191. The number of amides is 2. The monoisotopic (exact) mass is 324 g/mol. The zero-order valence-electron chi connectivity index (χ0n) is 13.6. The van der Waals surface area contributed by atoms with E-state index in [0.717, 1.165) is 23.2 Å². The minimum Gasteiger partial charge on any atom is -0.343 e. The highest BCUT2D eigenvalue weighted by Gasteiger charge is 2.18. The molecule has 0 radical (unpaired) electrons. The maximum Gasteiger partial charge on any atom is 0.247 e. The molecule has 6 heteroatoms. The number of rotatable bonds is 5. The van der Waals surface area contributed by atoms with Gasteiger partial charge in [0.1, 0.15) is 0 Å². The van der Waals surface area contributed by atoms with Gasteiger partial charge in [-0.25, -0.2) is 0 Å². The summed E-state index contributed by atoms with van der Waals surface area (Å²) in [6, 6.07) is 9.76. The Bertz CT molecular complexity index is 764. The van der Waals surface area contributed by atoms with E-state index < -0.39 is 0 Å². The number of aromatic amines is 1. The molecule has 6 nitrogen and oxygen atoms in total. The van der Waals surface area contributed by atoms with Crippen LogP contribution in [-0.4, -0.2) is 40.5 Å². The Morgan fingerprint density at radius 2 is 2.04 bits per heavy atom. The van der Waals surface area contributed by atoms with Gasteiger partial charge in [-0.05, 0) is 24.5 Å². The number of likely N-dealkylation sites (N-methyl/N-ethyl adjacent to an activating group) is 1. The van der Waals surface area contributed by atoms with Crippen LogP contribution in [0.15, 0.2) is 42.1 Å². The van der Waals surface area contributed by atoms with E-state index in [1.54, 1.807) is 18.1 Å². The number of aryl methyl sites for hydroxylation is 1. The Hall–Kier alpha value is -2.89. The standard InChI is InChI=1S/C18H20N4O2/c1-22(12-13-5-3-2-4-6-13)17(23)11-19-18(24)14-7-8-16-15(9-14)10-20-21-16/h2-6,9-10H,7-8,11-12H2,1H3,(H,19,24)(H,20,21). The minimum absolute atomic E-state index is 0.00223. The van der Waals surface area contributed by atoms with Gasteiger partial charge in [0, 0.05) is 30.4 Å². The average molecular weight is 324 g/mol. The lowest BCUT2D eigenvalue weighted by Crippen LogP contribution is -2.38. The Labute approximate surface area is 140 Å². The van der Waals surface area contributed by atoms with Crippen LogP contribution in [0.1, 0.15) is 23.2 Å². The first-order chi connectivity index (χ1) is 11.6. The molecule has 0 unspecified atom stereocenters. The third-order valence-corrected chi connectivity index (χ3v) is 4.11. The van der Waals surface area contributed by atoms with E-state index in [1.807, 2.05) is 36.4 Å². The van der Waals surface area contributed by atoms with Crippen LogP contribution >= 0.6 is 0 Å². The first-order valence-electron chi connectivity index (χ1n) is 7.92. The van der Waals surface area contributed by atoms with Crippen LogP contribution in [0.2, 0.25) is 0 Å². The first kappa shape index (κ1) is 16.0. The average Bonchev–Trinajstić information content (AvgIpc) is 3.07. The lowest BCUT2D eigenvalue weighted by molar-refractivity contribution is -0.131. The molecule has 2 amide bonds. The third kappa shape index (κ3) is 3.71. The molecule has 3 rings (SSSR count). The van der Waals surface area contributed by atoms with Crippen molar-refractivity contribution in [3.8, 4) is 0 Å². The normalized spacial score (nSPS) is 13.0. The predicted molar refractivity (Wildman–Crippen MR) is 90.8 cm³/mol. The van der Waals surface area contributed by atoms with Gasteiger partial charge in [0.05, 0.1) is 12.7 Å². The zero-order chi connectivity index (χ0) is 16.9. The van der Waals surface area contributed by atoms with Gasteiger partial charge in [-0.3, -0.25) is 14.7 Å². The molecule has 24 heavy (non-hydrogen) atoms. The van der Waals surface area contributed by atoms with Crippen molar-refractivity contribution in [3.05, 3.63) is 58.9 Å². The van der Waals surface area contributed by atoms with Gasteiger partial charge in [0.2, 0.25) is 11.8 Å². The largest absolute Gasteiger partial charge is 0.343 e. The summed E-state index contributed by atoms with van der Waals surface area (Å²) >= 11 is 0. The van der Waals surface area contributed by atoms with Crippen LogP contribution in [0.3, 0.4) is 0 Å². The van der Waals surface area contributed by atoms with Gasteiger partial charge in [0.25, 0.3) is 0 Å². The fraction of sp³-hybridized carbons (Fsp3) is 0.278. The Morgan fingerprint density at radius 3 is 2.83 bits per heavy atom. The fourth-order valence-electron chi connectivity index (χ4n) is 2.70. The molecule has 2 N–H and O–H groups in total. The quantitative estimate of drug-likeness (QED) is 0.875. The van der Waals surface area contributed by atoms with Crippen molar-refractivity contribution in [1.82, 2.24) is 20.4 Å². The zero-order valence-corrected chi connectivity index (χ0v) is 13.6. The molecule has 0 bridgehead atoms. The lowest BCUT2D eigenvalue weighted by Gasteiger charge is -2.18. The SMILES string of the molecule is CN(Cc1ccccc1)C(=O)CNC(=O)C1=Cc2cn[nH]c2CC1. The predicted octanol–water partition coefficient (Wildman–Crippen LogP) is 1.51. The number of benzene rings is 1. The number of hydrogen-bond donors (Lipinski definition) is 2. The van der Waals surface area contributed by atoms with Crippen LogP contribution in [-0.2, 0) is 22.6 Å². The van der Waals surface area contributed by atoms with E-state index in [9.17, 15) is 9.59 Å². The molecule has 0 saturated heterocycles. The summed E-state index contributed by atoms with van der Waals surface area (Å²) in [4.78, 5) is 26.0. The van der Waals surface area contributed by atoms with E-state index in [4.69, 9.17) is 0 Å². The van der Waals surface area contributed by atoms with Gasteiger partial charge in [-0.1, -0.05) is 30.3 Å². The lowest BCUT2D eigenvalue weighted by atomic mass is 9.97. The molecule has 124 valence electrons. The number of carbonyl (C=O) groups excluding carboxylic acids is 2. The van der Waals surface area contributed by atoms with E-state index >= 15 is 0 Å². The van der Waals surface area contributed by atoms with Gasteiger partial charge in [0.15, 0.2) is 0 Å². The molecule has 1 aliphatic carbocycles. The smallest absolute Gasteiger partial charge is 0.247 e. The number of nitrogens with one attached hydrogen (secondary N) is 2. The van der Waals surface area contributed by atoms with E-state index in [0.29, 0.717) is 18.5 Å². The summed E-state index contributed by atoms with van der Waals surface area (Å²) in [5, 5.41) is 9.60. The Morgan fingerprint density at radius 1 is 1.25 bits per heavy atom. The van der Waals surface area contributed by atoms with Crippen molar-refractivity contribution in [2.24, 2.45) is 0 Å². The number of fused-ring (bicyclic) bond motifs is 1. The van der Waals surface area contributed by atoms with Gasteiger partial charge < -0.3 is 10.2 Å². The highest BCUT2D eigenvalue weighted by Crippen LogP contribution is 2.21. The Balaban J connectivity index is 1.52. The number of nitrogens with zero attached hydrogens (tertiary/aromatic N) is 2. The first-order valence-corrected chi connectivity index (χ1v) is 7.92. The summed E-state index contributed by atoms with van der Waals surface area (Å²) in [5.74, 6) is -0.309. The molecule has 1 aliphatic rings. The second kappa shape index (κ2) is 7.12. The number of aromatic nitrogens is 2. The van der Waals surface area contributed by atoms with E-state index in [1.165, 1.54) is 0 Å². The van der Waals surface area contributed by atoms with Crippen molar-refractivity contribution in [1.29, 1.82) is 0 Å². The maximum atomic E-state index is 12.2. The van der Waals surface area contributed by atoms with Gasteiger partial charge in [-0.15, -0.1) is 0 Å². The molecule has 1 aromatic carbocycles. The van der Waals surface area contributed by atoms with Crippen LogP contribution < -0.4 is 5.32 Å². The highest BCUT2D eigenvalue weighted by atomic mass is 16.2. The molecule has 0 atom stereocenters. The maximum absolute atomic E-state index is 12.2. The summed E-state index contributed by atoms with van der Waals surface area (Å²) in [6.07, 6.45) is 4.95. The molecule has 0 spiro atoms. The van der Waals surface area contributed by atoms with Crippen molar-refractivity contribution in [3.63, 3.8) is 0 Å². The van der Waals surface area contributed by atoms with Crippen LogP contribution in [0.5, 0.6) is 0 Å². The molecular formula is C18H20N4O2. The topological polar surface area (TPSA) is 78.1 Å². The van der Waals surface area contributed by atoms with Crippen molar-refractivity contribution >= 4 is 17.9 Å².